The smallest absolute Gasteiger partial charge is 0.209 e. The van der Waals surface area contributed by atoms with Crippen LogP contribution in [0.2, 0.25) is 0 Å². The Hall–Kier alpha value is -2.66. The van der Waals surface area contributed by atoms with E-state index in [1.54, 1.807) is 36.4 Å². The summed E-state index contributed by atoms with van der Waals surface area (Å²) in [5, 5.41) is 8.94. The van der Waals surface area contributed by atoms with Crippen molar-refractivity contribution in [1.29, 1.82) is 0 Å². The normalized spacial score (nSPS) is 16.4. The average molecular weight is 463 g/mol. The van der Waals surface area contributed by atoms with Gasteiger partial charge in [-0.25, -0.2) is 22.5 Å². The van der Waals surface area contributed by atoms with Crippen LogP contribution in [-0.4, -0.2) is 80.8 Å². The number of rotatable bonds is 9. The summed E-state index contributed by atoms with van der Waals surface area (Å²) in [6, 6.07) is 8.97. The molecule has 32 heavy (non-hydrogen) atoms. The fourth-order valence-electron chi connectivity index (χ4n) is 3.48. The molecule has 0 saturated carbocycles. The molecule has 2 N–H and O–H groups in total. The van der Waals surface area contributed by atoms with E-state index < -0.39 is 22.7 Å². The fourth-order valence-corrected chi connectivity index (χ4v) is 4.18. The second-order valence-corrected chi connectivity index (χ2v) is 9.46. The molecule has 3 rings (SSSR count). The number of nitrogens with one attached hydrogen (secondary N) is 1. The molecule has 0 radical (unpaired) electrons. The van der Waals surface area contributed by atoms with Crippen LogP contribution in [0.1, 0.15) is 15.9 Å². The molecule has 8 nitrogen and oxygen atoms in total. The second kappa shape index (κ2) is 10.8. The maximum atomic E-state index is 13.1. The zero-order valence-corrected chi connectivity index (χ0v) is 18.6. The standard InChI is InChI=1S/C22H27FN4O4S/c1-32(30,31)25-20(8-4-17-2-6-19(23)7-3-17)15-26-10-12-27(13-11-26)22-9-5-18(14-24-22)21(29)16-28/h2-9,14,20,25,28H,10-13,15-16H2,1H3/b8-4+. The lowest BCUT2D eigenvalue weighted by Gasteiger charge is -2.36. The summed E-state index contributed by atoms with van der Waals surface area (Å²) in [5.74, 6) is 0.0584. The molecule has 1 saturated heterocycles. The molecule has 0 spiro atoms. The molecule has 1 aliphatic rings. The van der Waals surface area contributed by atoms with E-state index in [0.29, 0.717) is 38.3 Å². The van der Waals surface area contributed by atoms with E-state index in [1.807, 2.05) is 0 Å². The van der Waals surface area contributed by atoms with E-state index in [1.165, 1.54) is 18.3 Å². The van der Waals surface area contributed by atoms with Crippen molar-refractivity contribution in [3.05, 3.63) is 65.6 Å². The first-order valence-corrected chi connectivity index (χ1v) is 12.1. The van der Waals surface area contributed by atoms with E-state index in [-0.39, 0.29) is 11.6 Å². The Morgan fingerprint density at radius 2 is 1.88 bits per heavy atom. The molecular weight excluding hydrogens is 435 g/mol. The summed E-state index contributed by atoms with van der Waals surface area (Å²) >= 11 is 0. The van der Waals surface area contributed by atoms with Gasteiger partial charge < -0.3 is 10.0 Å². The highest BCUT2D eigenvalue weighted by Crippen LogP contribution is 2.15. The number of nitrogens with zero attached hydrogens (tertiary/aromatic N) is 3. The Morgan fingerprint density at radius 1 is 1.19 bits per heavy atom. The summed E-state index contributed by atoms with van der Waals surface area (Å²) in [7, 11) is -3.41. The largest absolute Gasteiger partial charge is 0.388 e. The number of Topliss-reactive ketones (excluding diaryl/α,β-unsaturated/α-hetero) is 1. The van der Waals surface area contributed by atoms with Crippen LogP contribution in [0.3, 0.4) is 0 Å². The van der Waals surface area contributed by atoms with Gasteiger partial charge in [0.2, 0.25) is 10.0 Å². The van der Waals surface area contributed by atoms with Crippen LogP contribution in [0.5, 0.6) is 0 Å². The van der Waals surface area contributed by atoms with Gasteiger partial charge in [0.15, 0.2) is 5.78 Å². The van der Waals surface area contributed by atoms with Crippen LogP contribution in [-0.2, 0) is 10.0 Å². The number of halogens is 1. The van der Waals surface area contributed by atoms with E-state index in [2.05, 4.69) is 19.5 Å². The minimum atomic E-state index is -3.41. The first-order chi connectivity index (χ1) is 15.2. The van der Waals surface area contributed by atoms with Crippen LogP contribution in [0.15, 0.2) is 48.7 Å². The molecule has 1 atom stereocenters. The summed E-state index contributed by atoms with van der Waals surface area (Å²) in [6.07, 6.45) is 6.14. The molecule has 1 aliphatic heterocycles. The fraction of sp³-hybridized carbons (Fsp3) is 0.364. The molecule has 2 aromatic rings. The summed E-state index contributed by atoms with van der Waals surface area (Å²) in [6.45, 7) is 2.78. The van der Waals surface area contributed by atoms with Crippen molar-refractivity contribution in [3.63, 3.8) is 0 Å². The Labute approximate surface area is 187 Å². The number of ketones is 1. The van der Waals surface area contributed by atoms with Crippen molar-refractivity contribution in [2.45, 2.75) is 6.04 Å². The minimum Gasteiger partial charge on any atom is -0.388 e. The third-order valence-electron chi connectivity index (χ3n) is 5.12. The van der Waals surface area contributed by atoms with E-state index >= 15 is 0 Å². The molecule has 1 fully saturated rings. The highest BCUT2D eigenvalue weighted by molar-refractivity contribution is 7.88. The number of carbonyl (C=O) groups excluding carboxylic acids is 1. The van der Waals surface area contributed by atoms with Gasteiger partial charge in [-0.05, 0) is 29.8 Å². The van der Waals surface area contributed by atoms with E-state index in [4.69, 9.17) is 5.11 Å². The molecule has 2 heterocycles. The number of aliphatic hydroxyl groups excluding tert-OH is 1. The summed E-state index contributed by atoms with van der Waals surface area (Å²) in [5.41, 5.74) is 1.16. The van der Waals surface area contributed by atoms with Gasteiger partial charge >= 0.3 is 0 Å². The lowest BCUT2D eigenvalue weighted by atomic mass is 10.1. The Balaban J connectivity index is 1.59. The number of pyridine rings is 1. The van der Waals surface area contributed by atoms with Crippen molar-refractivity contribution in [2.24, 2.45) is 0 Å². The van der Waals surface area contributed by atoms with Gasteiger partial charge in [0, 0.05) is 44.5 Å². The summed E-state index contributed by atoms with van der Waals surface area (Å²) < 4.78 is 39.3. The Kier molecular flexibility index (Phi) is 8.08. The number of sulfonamides is 1. The number of aliphatic hydroxyl groups is 1. The van der Waals surface area contributed by atoms with Gasteiger partial charge in [-0.1, -0.05) is 24.3 Å². The maximum Gasteiger partial charge on any atom is 0.209 e. The topological polar surface area (TPSA) is 103 Å². The number of anilines is 1. The molecule has 0 aliphatic carbocycles. The third-order valence-corrected chi connectivity index (χ3v) is 5.85. The highest BCUT2D eigenvalue weighted by Gasteiger charge is 2.21. The molecule has 10 heteroatoms. The molecule has 1 aromatic carbocycles. The van der Waals surface area contributed by atoms with Crippen molar-refractivity contribution >= 4 is 27.7 Å². The predicted octanol–water partition coefficient (Wildman–Crippen LogP) is 1.15. The number of carbonyl (C=O) groups is 1. The minimum absolute atomic E-state index is 0.324. The van der Waals surface area contributed by atoms with Crippen molar-refractivity contribution in [1.82, 2.24) is 14.6 Å². The van der Waals surface area contributed by atoms with E-state index in [9.17, 15) is 17.6 Å². The molecule has 1 unspecified atom stereocenters. The molecule has 0 bridgehead atoms. The van der Waals surface area contributed by atoms with Crippen molar-refractivity contribution in [2.75, 3.05) is 50.5 Å². The Morgan fingerprint density at radius 3 is 2.44 bits per heavy atom. The van der Waals surface area contributed by atoms with Gasteiger partial charge in [0.1, 0.15) is 18.2 Å². The maximum absolute atomic E-state index is 13.1. The van der Waals surface area contributed by atoms with Crippen LogP contribution in [0, 0.1) is 5.82 Å². The van der Waals surface area contributed by atoms with Gasteiger partial charge in [0.25, 0.3) is 0 Å². The zero-order chi connectivity index (χ0) is 23.1. The van der Waals surface area contributed by atoms with Gasteiger partial charge in [0.05, 0.1) is 12.3 Å². The average Bonchev–Trinajstić information content (AvgIpc) is 2.77. The van der Waals surface area contributed by atoms with Gasteiger partial charge in [-0.2, -0.15) is 0 Å². The summed E-state index contributed by atoms with van der Waals surface area (Å²) in [4.78, 5) is 20.1. The van der Waals surface area contributed by atoms with Crippen molar-refractivity contribution < 1.29 is 22.7 Å². The Bertz CT molecular complexity index is 1030. The highest BCUT2D eigenvalue weighted by atomic mass is 32.2. The van der Waals surface area contributed by atoms with Gasteiger partial charge in [-0.15, -0.1) is 0 Å². The quantitative estimate of drug-likeness (QED) is 0.539. The van der Waals surface area contributed by atoms with Crippen LogP contribution < -0.4 is 9.62 Å². The second-order valence-electron chi connectivity index (χ2n) is 7.68. The monoisotopic (exact) mass is 462 g/mol. The molecule has 0 amide bonds. The third kappa shape index (κ3) is 7.20. The van der Waals surface area contributed by atoms with Crippen LogP contribution in [0.25, 0.3) is 6.08 Å². The predicted molar refractivity (Wildman–Crippen MR) is 122 cm³/mol. The molecular formula is C22H27FN4O4S. The first-order valence-electron chi connectivity index (χ1n) is 10.2. The number of piperazine rings is 1. The number of hydrogen-bond acceptors (Lipinski definition) is 7. The van der Waals surface area contributed by atoms with Gasteiger partial charge in [-0.3, -0.25) is 9.69 Å². The zero-order valence-electron chi connectivity index (χ0n) is 17.8. The molecule has 172 valence electrons. The van der Waals surface area contributed by atoms with Crippen LogP contribution in [0.4, 0.5) is 10.2 Å². The number of benzene rings is 1. The molecule has 1 aromatic heterocycles. The lowest BCUT2D eigenvalue weighted by Crippen LogP contribution is -2.51. The number of hydrogen-bond donors (Lipinski definition) is 2. The number of aromatic nitrogens is 1. The van der Waals surface area contributed by atoms with Crippen LogP contribution >= 0.6 is 0 Å². The SMILES string of the molecule is CS(=O)(=O)NC(/C=C/c1ccc(F)cc1)CN1CCN(c2ccc(C(=O)CO)cn2)CC1. The van der Waals surface area contributed by atoms with E-state index in [0.717, 1.165) is 17.6 Å². The van der Waals surface area contributed by atoms with Crippen molar-refractivity contribution in [3.8, 4) is 0 Å². The first kappa shape index (κ1) is 24.0. The lowest BCUT2D eigenvalue weighted by molar-refractivity contribution is 0.0903.